The van der Waals surface area contributed by atoms with Gasteiger partial charge in [-0.2, -0.15) is 0 Å². The fraction of sp³-hybridized carbons (Fsp3) is 0.214. The first-order valence-corrected chi connectivity index (χ1v) is 11.9. The number of hydrogen-bond donors (Lipinski definition) is 2. The van der Waals surface area contributed by atoms with Crippen LogP contribution in [0, 0.1) is 0 Å². The van der Waals surface area contributed by atoms with E-state index in [0.717, 1.165) is 57.6 Å². The van der Waals surface area contributed by atoms with Crippen LogP contribution in [0.5, 0.6) is 5.75 Å². The van der Waals surface area contributed by atoms with Gasteiger partial charge in [-0.05, 0) is 65.9 Å². The Hall–Kier alpha value is -4.66. The second-order valence-electron chi connectivity index (χ2n) is 8.77. The lowest BCUT2D eigenvalue weighted by molar-refractivity contribution is -0.141. The largest absolute Gasteiger partial charge is 0.497 e. The Balaban J connectivity index is 1.35. The number of imidazole rings is 1. The van der Waals surface area contributed by atoms with Crippen molar-refractivity contribution >= 4 is 27.9 Å². The Morgan fingerprint density at radius 3 is 2.35 bits per heavy atom. The average Bonchev–Trinajstić information content (AvgIpc) is 3.33. The van der Waals surface area contributed by atoms with Crippen molar-refractivity contribution in [1.82, 2.24) is 19.5 Å². The molecule has 5 aromatic rings. The molecule has 0 atom stereocenters. The van der Waals surface area contributed by atoms with E-state index in [4.69, 9.17) is 9.72 Å². The minimum absolute atomic E-state index is 0.314. The van der Waals surface area contributed by atoms with Crippen LogP contribution in [0.1, 0.15) is 17.8 Å². The number of methoxy groups -OCH3 is 2. The van der Waals surface area contributed by atoms with Crippen molar-refractivity contribution in [2.24, 2.45) is 0 Å². The Morgan fingerprint density at radius 1 is 0.892 bits per heavy atom. The predicted octanol–water partition coefficient (Wildman–Crippen LogP) is 3.59. The van der Waals surface area contributed by atoms with E-state index in [-0.39, 0.29) is 0 Å². The van der Waals surface area contributed by atoms with E-state index in [1.54, 1.807) is 19.2 Å². The lowest BCUT2D eigenvalue weighted by Gasteiger charge is -2.07. The minimum Gasteiger partial charge on any atom is -0.497 e. The summed E-state index contributed by atoms with van der Waals surface area (Å²) in [6.07, 6.45) is 2.73. The van der Waals surface area contributed by atoms with E-state index in [1.807, 2.05) is 36.4 Å². The molecule has 0 radical (unpaired) electrons. The Kier molecular flexibility index (Phi) is 6.59. The second-order valence-corrected chi connectivity index (χ2v) is 8.77. The molecule has 5 rings (SSSR count). The highest BCUT2D eigenvalue weighted by Gasteiger charge is 2.13. The van der Waals surface area contributed by atoms with E-state index >= 15 is 0 Å². The molecule has 0 fully saturated rings. The van der Waals surface area contributed by atoms with Crippen LogP contribution >= 0.6 is 0 Å². The fourth-order valence-corrected chi connectivity index (χ4v) is 4.38. The highest BCUT2D eigenvalue weighted by Crippen LogP contribution is 2.25. The molecule has 9 nitrogen and oxygen atoms in total. The number of rotatable bonds is 8. The molecule has 0 unspecified atom stereocenters. The number of aryl methyl sites for hydroxylation is 2. The Labute approximate surface area is 211 Å². The van der Waals surface area contributed by atoms with Crippen LogP contribution in [0.3, 0.4) is 0 Å². The topological polar surface area (TPSA) is 119 Å². The summed E-state index contributed by atoms with van der Waals surface area (Å²) >= 11 is 0. The van der Waals surface area contributed by atoms with Gasteiger partial charge in [-0.1, -0.05) is 24.3 Å². The molecule has 0 spiro atoms. The number of ether oxygens (including phenoxy) is 2. The van der Waals surface area contributed by atoms with Gasteiger partial charge in [-0.3, -0.25) is 9.59 Å². The normalized spacial score (nSPS) is 11.2. The van der Waals surface area contributed by atoms with Crippen molar-refractivity contribution in [1.29, 1.82) is 0 Å². The average molecular weight is 499 g/mol. The van der Waals surface area contributed by atoms with E-state index in [1.165, 1.54) is 12.7 Å². The molecule has 0 saturated carbocycles. The zero-order chi connectivity index (χ0) is 25.9. The third-order valence-corrected chi connectivity index (χ3v) is 6.40. The smallest absolute Gasteiger partial charge is 0.329 e. The quantitative estimate of drug-likeness (QED) is 0.316. The molecule has 2 heterocycles. The summed E-state index contributed by atoms with van der Waals surface area (Å²) in [6, 6.07) is 19.2. The number of hydrogen-bond acceptors (Lipinski definition) is 6. The summed E-state index contributed by atoms with van der Waals surface area (Å²) in [5.41, 5.74) is 4.00. The van der Waals surface area contributed by atoms with Crippen LogP contribution in [-0.4, -0.2) is 39.7 Å². The van der Waals surface area contributed by atoms with Crippen LogP contribution in [0.4, 0.5) is 0 Å². The summed E-state index contributed by atoms with van der Waals surface area (Å²) in [6.45, 7) is -0.443. The van der Waals surface area contributed by atoms with Crippen LogP contribution < -0.4 is 16.0 Å². The highest BCUT2D eigenvalue weighted by atomic mass is 16.5. The van der Waals surface area contributed by atoms with Crippen molar-refractivity contribution in [2.45, 2.75) is 25.8 Å². The summed E-state index contributed by atoms with van der Waals surface area (Å²) in [4.78, 5) is 47.6. The van der Waals surface area contributed by atoms with Crippen molar-refractivity contribution < 1.29 is 14.3 Å². The molecule has 2 N–H and O–H groups in total. The summed E-state index contributed by atoms with van der Waals surface area (Å²) in [5.74, 6) is 1.11. The first kappa shape index (κ1) is 24.1. The Morgan fingerprint density at radius 2 is 1.62 bits per heavy atom. The maximum absolute atomic E-state index is 12.7. The maximum Gasteiger partial charge on any atom is 0.329 e. The number of aromatic nitrogens is 4. The molecule has 0 amide bonds. The van der Waals surface area contributed by atoms with Gasteiger partial charge in [0.15, 0.2) is 0 Å². The van der Waals surface area contributed by atoms with Gasteiger partial charge in [0.25, 0.3) is 5.56 Å². The van der Waals surface area contributed by atoms with Gasteiger partial charge in [0, 0.05) is 6.42 Å². The van der Waals surface area contributed by atoms with Crippen molar-refractivity contribution in [2.75, 3.05) is 14.2 Å². The molecule has 188 valence electrons. The first-order chi connectivity index (χ1) is 17.9. The van der Waals surface area contributed by atoms with E-state index in [2.05, 4.69) is 26.8 Å². The first-order valence-electron chi connectivity index (χ1n) is 11.9. The van der Waals surface area contributed by atoms with E-state index in [9.17, 15) is 14.4 Å². The third-order valence-electron chi connectivity index (χ3n) is 6.40. The monoisotopic (exact) mass is 498 g/mol. The maximum atomic E-state index is 12.7. The number of H-pyrrole nitrogens is 2. The van der Waals surface area contributed by atoms with Gasteiger partial charge < -0.3 is 19.4 Å². The van der Waals surface area contributed by atoms with Gasteiger partial charge in [-0.25, -0.2) is 14.3 Å². The van der Waals surface area contributed by atoms with Gasteiger partial charge in [-0.15, -0.1) is 0 Å². The van der Waals surface area contributed by atoms with Crippen molar-refractivity contribution in [3.63, 3.8) is 0 Å². The van der Waals surface area contributed by atoms with Crippen LogP contribution in [0.2, 0.25) is 0 Å². The van der Waals surface area contributed by atoms with Gasteiger partial charge in [0.1, 0.15) is 18.1 Å². The lowest BCUT2D eigenvalue weighted by atomic mass is 10.0. The number of nitrogens with zero attached hydrogens (tertiary/aromatic N) is 2. The van der Waals surface area contributed by atoms with Crippen LogP contribution in [-0.2, 0) is 28.9 Å². The summed E-state index contributed by atoms with van der Waals surface area (Å²) in [5, 5.41) is 0.314. The van der Waals surface area contributed by atoms with Gasteiger partial charge in [0.2, 0.25) is 0 Å². The Bertz CT molecular complexity index is 1710. The molecule has 0 aliphatic carbocycles. The second kappa shape index (κ2) is 10.1. The molecule has 2 aromatic heterocycles. The fourth-order valence-electron chi connectivity index (χ4n) is 4.38. The van der Waals surface area contributed by atoms with Gasteiger partial charge >= 0.3 is 11.7 Å². The number of carbonyl (C=O) groups is 1. The standard InChI is InChI=1S/C28H26N4O5/c1-36-20-10-6-17(7-11-20)4-3-5-25-29-22-13-9-19(15-24(22)30-25)18-8-12-21-23(14-18)31-28(35)32(27(21)34)16-26(33)37-2/h6-15H,3-5,16H2,1-2H3,(H,29,30)(H,31,35). The van der Waals surface area contributed by atoms with Crippen LogP contribution in [0.25, 0.3) is 33.1 Å². The number of esters is 1. The molecule has 0 saturated heterocycles. The highest BCUT2D eigenvalue weighted by molar-refractivity contribution is 5.87. The molecule has 0 aliphatic rings. The van der Waals surface area contributed by atoms with Gasteiger partial charge in [0.05, 0.1) is 36.2 Å². The van der Waals surface area contributed by atoms with Crippen LogP contribution in [0.15, 0.2) is 70.3 Å². The molecule has 9 heteroatoms. The van der Waals surface area contributed by atoms with E-state index < -0.39 is 23.8 Å². The molecule has 0 aliphatic heterocycles. The number of aromatic amines is 2. The predicted molar refractivity (Wildman–Crippen MR) is 141 cm³/mol. The van der Waals surface area contributed by atoms with Crippen molar-refractivity contribution in [3.8, 4) is 16.9 Å². The molecular formula is C28H26N4O5. The molecule has 0 bridgehead atoms. The summed E-state index contributed by atoms with van der Waals surface area (Å²) < 4.78 is 10.6. The SMILES string of the molecule is COC(=O)Cn1c(=O)[nH]c2cc(-c3ccc4nc(CCCc5ccc(OC)cc5)[nH]c4c3)ccc2c1=O. The van der Waals surface area contributed by atoms with E-state index in [0.29, 0.717) is 10.9 Å². The molecular weight excluding hydrogens is 472 g/mol. The zero-order valence-electron chi connectivity index (χ0n) is 20.5. The molecule has 3 aromatic carbocycles. The third kappa shape index (κ3) is 5.02. The number of fused-ring (bicyclic) bond motifs is 2. The lowest BCUT2D eigenvalue weighted by Crippen LogP contribution is -2.37. The van der Waals surface area contributed by atoms with Crippen molar-refractivity contribution in [3.05, 3.63) is 92.9 Å². The number of carbonyl (C=O) groups excluding carboxylic acids is 1. The number of benzene rings is 3. The molecule has 37 heavy (non-hydrogen) atoms. The number of nitrogens with one attached hydrogen (secondary N) is 2. The zero-order valence-corrected chi connectivity index (χ0v) is 20.5. The summed E-state index contributed by atoms with van der Waals surface area (Å²) in [7, 11) is 2.87. The minimum atomic E-state index is -0.670.